The Morgan fingerprint density at radius 2 is 1.85 bits per heavy atom. The number of carbonyl (C=O) groups is 1. The van der Waals surface area contributed by atoms with E-state index in [4.69, 9.17) is 4.74 Å². The highest BCUT2D eigenvalue weighted by Crippen LogP contribution is 2.42. The van der Waals surface area contributed by atoms with E-state index < -0.39 is 11.2 Å². The van der Waals surface area contributed by atoms with Crippen LogP contribution in [0, 0.1) is 11.6 Å². The molecule has 1 saturated carbocycles. The van der Waals surface area contributed by atoms with Crippen molar-refractivity contribution in [2.24, 2.45) is 0 Å². The molecule has 1 amide bonds. The van der Waals surface area contributed by atoms with E-state index in [2.05, 4.69) is 0 Å². The van der Waals surface area contributed by atoms with Gasteiger partial charge in [-0.15, -0.1) is 0 Å². The Hall–Kier alpha value is -2.43. The van der Waals surface area contributed by atoms with Gasteiger partial charge in [-0.25, -0.2) is 8.78 Å². The molecular weight excluding hydrogens is 336 g/mol. The molecule has 3 rings (SSSR count). The fraction of sp³-hybridized carbons (Fsp3) is 0.381. The molecule has 2 aromatic rings. The average Bonchev–Trinajstić information content (AvgIpc) is 3.13. The third-order valence-corrected chi connectivity index (χ3v) is 5.11. The standard InChI is InChI=1S/C21H23F2NO2/c1-24(13-14-26-19-10-3-2-9-18(19)23)20(25)21(11-4-5-12-21)16-7-6-8-17(22)15-16/h2-3,6-10,15H,4-5,11-14H2,1H3. The van der Waals surface area contributed by atoms with E-state index in [9.17, 15) is 13.6 Å². The summed E-state index contributed by atoms with van der Waals surface area (Å²) in [7, 11) is 1.71. The monoisotopic (exact) mass is 359 g/mol. The van der Waals surface area contributed by atoms with Crippen LogP contribution in [0.1, 0.15) is 31.2 Å². The van der Waals surface area contributed by atoms with Crippen molar-refractivity contribution >= 4 is 5.91 Å². The molecular formula is C21H23F2NO2. The van der Waals surface area contributed by atoms with Crippen LogP contribution in [0.2, 0.25) is 0 Å². The first kappa shape index (κ1) is 18.4. The molecule has 0 saturated heterocycles. The number of halogens is 2. The quantitative estimate of drug-likeness (QED) is 0.769. The first-order valence-corrected chi connectivity index (χ1v) is 8.92. The van der Waals surface area contributed by atoms with Crippen molar-refractivity contribution in [3.8, 4) is 5.75 Å². The summed E-state index contributed by atoms with van der Waals surface area (Å²) in [5, 5.41) is 0. The van der Waals surface area contributed by atoms with E-state index in [0.717, 1.165) is 18.4 Å². The highest BCUT2D eigenvalue weighted by Gasteiger charge is 2.44. The van der Waals surface area contributed by atoms with Crippen molar-refractivity contribution in [1.82, 2.24) is 4.90 Å². The molecule has 2 aromatic carbocycles. The third kappa shape index (κ3) is 3.71. The van der Waals surface area contributed by atoms with E-state index in [1.807, 2.05) is 6.07 Å². The van der Waals surface area contributed by atoms with E-state index >= 15 is 0 Å². The summed E-state index contributed by atoms with van der Waals surface area (Å²) in [6, 6.07) is 12.5. The Morgan fingerprint density at radius 3 is 2.54 bits per heavy atom. The Labute approximate surface area is 152 Å². The minimum atomic E-state index is -0.672. The molecule has 1 aliphatic carbocycles. The number of carbonyl (C=O) groups excluding carboxylic acids is 1. The Balaban J connectivity index is 1.68. The molecule has 0 bridgehead atoms. The van der Waals surface area contributed by atoms with Crippen molar-refractivity contribution < 1.29 is 18.3 Å². The number of amides is 1. The zero-order valence-electron chi connectivity index (χ0n) is 14.9. The molecule has 1 fully saturated rings. The predicted molar refractivity (Wildman–Crippen MR) is 96.1 cm³/mol. The molecule has 0 aliphatic heterocycles. The number of rotatable bonds is 6. The summed E-state index contributed by atoms with van der Waals surface area (Å²) in [6.07, 6.45) is 3.32. The molecule has 0 N–H and O–H groups in total. The summed E-state index contributed by atoms with van der Waals surface area (Å²) >= 11 is 0. The van der Waals surface area contributed by atoms with Gasteiger partial charge in [0.15, 0.2) is 11.6 Å². The minimum Gasteiger partial charge on any atom is -0.489 e. The lowest BCUT2D eigenvalue weighted by Gasteiger charge is -2.33. The van der Waals surface area contributed by atoms with Crippen molar-refractivity contribution in [1.29, 1.82) is 0 Å². The van der Waals surface area contributed by atoms with E-state index in [0.29, 0.717) is 19.4 Å². The summed E-state index contributed by atoms with van der Waals surface area (Å²) < 4.78 is 32.7. The molecule has 5 heteroatoms. The molecule has 1 aliphatic rings. The van der Waals surface area contributed by atoms with Gasteiger partial charge in [0.1, 0.15) is 12.4 Å². The summed E-state index contributed by atoms with van der Waals surface area (Å²) in [5.74, 6) is -0.604. The molecule has 0 aromatic heterocycles. The Kier molecular flexibility index (Phi) is 5.55. The number of para-hydroxylation sites is 1. The molecule has 0 spiro atoms. The van der Waals surface area contributed by atoms with E-state index in [1.54, 1.807) is 36.2 Å². The molecule has 0 radical (unpaired) electrons. The van der Waals surface area contributed by atoms with Gasteiger partial charge in [-0.05, 0) is 42.7 Å². The second-order valence-electron chi connectivity index (χ2n) is 6.81. The van der Waals surface area contributed by atoms with Crippen LogP contribution in [0.3, 0.4) is 0 Å². The maximum absolute atomic E-state index is 13.7. The molecule has 0 heterocycles. The molecule has 0 atom stereocenters. The number of benzene rings is 2. The second-order valence-corrected chi connectivity index (χ2v) is 6.81. The van der Waals surface area contributed by atoms with Crippen LogP contribution in [0.25, 0.3) is 0 Å². The average molecular weight is 359 g/mol. The van der Waals surface area contributed by atoms with Gasteiger partial charge in [0.2, 0.25) is 5.91 Å². The Morgan fingerprint density at radius 1 is 1.12 bits per heavy atom. The molecule has 26 heavy (non-hydrogen) atoms. The smallest absolute Gasteiger partial charge is 0.233 e. The van der Waals surface area contributed by atoms with Crippen LogP contribution in [0.5, 0.6) is 5.75 Å². The first-order valence-electron chi connectivity index (χ1n) is 8.92. The lowest BCUT2D eigenvalue weighted by molar-refractivity contribution is -0.136. The number of hydrogen-bond acceptors (Lipinski definition) is 2. The van der Waals surface area contributed by atoms with Crippen LogP contribution in [-0.2, 0) is 10.2 Å². The van der Waals surface area contributed by atoms with Crippen molar-refractivity contribution in [3.63, 3.8) is 0 Å². The Bertz CT molecular complexity index is 772. The minimum absolute atomic E-state index is 0.0299. The third-order valence-electron chi connectivity index (χ3n) is 5.11. The summed E-state index contributed by atoms with van der Waals surface area (Å²) in [4.78, 5) is 14.8. The van der Waals surface area contributed by atoms with Gasteiger partial charge in [0.05, 0.1) is 12.0 Å². The lowest BCUT2D eigenvalue weighted by atomic mass is 9.77. The number of hydrogen-bond donors (Lipinski definition) is 0. The first-order chi connectivity index (χ1) is 12.5. The van der Waals surface area contributed by atoms with Gasteiger partial charge >= 0.3 is 0 Å². The van der Waals surface area contributed by atoms with Crippen LogP contribution >= 0.6 is 0 Å². The highest BCUT2D eigenvalue weighted by molar-refractivity contribution is 5.88. The summed E-state index contributed by atoms with van der Waals surface area (Å²) in [5.41, 5.74) is 0.0661. The zero-order chi connectivity index (χ0) is 18.6. The fourth-order valence-electron chi connectivity index (χ4n) is 3.71. The maximum Gasteiger partial charge on any atom is 0.233 e. The van der Waals surface area contributed by atoms with Gasteiger partial charge in [-0.3, -0.25) is 4.79 Å². The van der Waals surface area contributed by atoms with E-state index in [-0.39, 0.29) is 24.1 Å². The maximum atomic E-state index is 13.7. The highest BCUT2D eigenvalue weighted by atomic mass is 19.1. The van der Waals surface area contributed by atoms with Crippen LogP contribution < -0.4 is 4.74 Å². The van der Waals surface area contributed by atoms with Gasteiger partial charge in [-0.2, -0.15) is 0 Å². The largest absolute Gasteiger partial charge is 0.489 e. The number of ether oxygens (including phenoxy) is 1. The normalized spacial score (nSPS) is 15.7. The SMILES string of the molecule is CN(CCOc1ccccc1F)C(=O)C1(c2cccc(F)c2)CCCC1. The molecule has 3 nitrogen and oxygen atoms in total. The van der Waals surface area contributed by atoms with Gasteiger partial charge in [0, 0.05) is 7.05 Å². The van der Waals surface area contributed by atoms with Crippen LogP contribution in [0.4, 0.5) is 8.78 Å². The van der Waals surface area contributed by atoms with E-state index in [1.165, 1.54) is 18.2 Å². The van der Waals surface area contributed by atoms with Crippen LogP contribution in [-0.4, -0.2) is 31.0 Å². The van der Waals surface area contributed by atoms with Crippen LogP contribution in [0.15, 0.2) is 48.5 Å². The zero-order valence-corrected chi connectivity index (χ0v) is 14.9. The van der Waals surface area contributed by atoms with Crippen molar-refractivity contribution in [2.75, 3.05) is 20.2 Å². The van der Waals surface area contributed by atoms with Crippen molar-refractivity contribution in [2.45, 2.75) is 31.1 Å². The van der Waals surface area contributed by atoms with Gasteiger partial charge in [-0.1, -0.05) is 37.1 Å². The number of likely N-dealkylation sites (N-methyl/N-ethyl adjacent to an activating group) is 1. The topological polar surface area (TPSA) is 29.5 Å². The molecule has 138 valence electrons. The number of nitrogens with zero attached hydrogens (tertiary/aromatic N) is 1. The van der Waals surface area contributed by atoms with Gasteiger partial charge in [0.25, 0.3) is 0 Å². The lowest BCUT2D eigenvalue weighted by Crippen LogP contribution is -2.45. The predicted octanol–water partition coefficient (Wildman–Crippen LogP) is 4.31. The van der Waals surface area contributed by atoms with Gasteiger partial charge < -0.3 is 9.64 Å². The second kappa shape index (κ2) is 7.85. The fourth-order valence-corrected chi connectivity index (χ4v) is 3.71. The summed E-state index contributed by atoms with van der Waals surface area (Å²) in [6.45, 7) is 0.534. The molecule has 0 unspecified atom stereocenters. The van der Waals surface area contributed by atoms with Crippen molar-refractivity contribution in [3.05, 3.63) is 65.7 Å².